The Kier molecular flexibility index (Phi) is 7.83. The minimum atomic E-state index is -4.56. The summed E-state index contributed by atoms with van der Waals surface area (Å²) in [5.41, 5.74) is 3.20. The van der Waals surface area contributed by atoms with Crippen LogP contribution in [0.15, 0.2) is 42.5 Å². The molecule has 5 nitrogen and oxygen atoms in total. The molecule has 2 aromatic rings. The average molecular weight is 498 g/mol. The number of likely N-dealkylation sites (N-methyl/N-ethyl adjacent to an activating group) is 1. The second-order valence-electron chi connectivity index (χ2n) is 9.24. The largest absolute Gasteiger partial charge is 0.395 e. The maximum Gasteiger partial charge on any atom is 0.395 e. The van der Waals surface area contributed by atoms with Crippen molar-refractivity contribution in [2.45, 2.75) is 43.8 Å². The lowest BCUT2D eigenvalue weighted by Crippen LogP contribution is -2.43. The summed E-state index contributed by atoms with van der Waals surface area (Å²) in [5.74, 6) is -4.38. The van der Waals surface area contributed by atoms with Gasteiger partial charge in [0.25, 0.3) is 5.91 Å². The van der Waals surface area contributed by atoms with Crippen LogP contribution < -0.4 is 11.1 Å². The van der Waals surface area contributed by atoms with Gasteiger partial charge in [-0.2, -0.15) is 13.2 Å². The maximum absolute atomic E-state index is 14.4. The number of alkyl halides is 3. The Morgan fingerprint density at radius 1 is 1.09 bits per heavy atom. The van der Waals surface area contributed by atoms with Gasteiger partial charge in [0.1, 0.15) is 11.6 Å². The Morgan fingerprint density at radius 3 is 2.26 bits per heavy atom. The summed E-state index contributed by atoms with van der Waals surface area (Å²) in [5, 5.41) is 2.66. The number of primary amides is 1. The van der Waals surface area contributed by atoms with Crippen LogP contribution in [-0.2, 0) is 11.2 Å². The first-order valence-electron chi connectivity index (χ1n) is 11.2. The number of nitrogens with one attached hydrogen (secondary N) is 1. The van der Waals surface area contributed by atoms with Crippen molar-refractivity contribution in [2.24, 2.45) is 11.1 Å². The van der Waals surface area contributed by atoms with Gasteiger partial charge in [-0.25, -0.2) is 8.78 Å². The normalized spacial score (nSPS) is 16.6. The highest BCUT2D eigenvalue weighted by Crippen LogP contribution is 2.66. The Hall–Kier alpha value is -3.01. The predicted octanol–water partition coefficient (Wildman–Crippen LogP) is 4.17. The molecular formula is C25H28F5N3O2. The fourth-order valence-corrected chi connectivity index (χ4v) is 4.41. The molecule has 190 valence electrons. The van der Waals surface area contributed by atoms with Gasteiger partial charge in [-0.15, -0.1) is 0 Å². The summed E-state index contributed by atoms with van der Waals surface area (Å²) in [4.78, 5) is 25.8. The van der Waals surface area contributed by atoms with E-state index in [0.29, 0.717) is 12.0 Å². The van der Waals surface area contributed by atoms with Gasteiger partial charge >= 0.3 is 6.18 Å². The van der Waals surface area contributed by atoms with Crippen molar-refractivity contribution in [1.82, 2.24) is 10.2 Å². The molecule has 0 radical (unpaired) electrons. The first-order chi connectivity index (χ1) is 16.4. The molecule has 1 aliphatic rings. The van der Waals surface area contributed by atoms with Crippen LogP contribution in [-0.4, -0.2) is 49.6 Å². The molecule has 3 N–H and O–H groups in total. The highest BCUT2D eigenvalue weighted by molar-refractivity contribution is 5.93. The second kappa shape index (κ2) is 10.3. The minimum absolute atomic E-state index is 0.0774. The van der Waals surface area contributed by atoms with Gasteiger partial charge < -0.3 is 16.0 Å². The molecule has 2 atom stereocenters. The summed E-state index contributed by atoms with van der Waals surface area (Å²) in [7, 11) is 3.49. The predicted molar refractivity (Wildman–Crippen MR) is 121 cm³/mol. The Bertz CT molecular complexity index is 1080. The molecule has 0 saturated heterocycles. The molecule has 10 heteroatoms. The molecule has 1 fully saturated rings. The van der Waals surface area contributed by atoms with E-state index in [0.717, 1.165) is 6.07 Å². The molecule has 0 heterocycles. The minimum Gasteiger partial charge on any atom is -0.366 e. The van der Waals surface area contributed by atoms with E-state index in [-0.39, 0.29) is 36.6 Å². The smallest absolute Gasteiger partial charge is 0.366 e. The fraction of sp³-hybridized carbons (Fsp3) is 0.440. The van der Waals surface area contributed by atoms with E-state index in [4.69, 9.17) is 5.73 Å². The summed E-state index contributed by atoms with van der Waals surface area (Å²) >= 11 is 0. The first kappa shape index (κ1) is 26.6. The highest BCUT2D eigenvalue weighted by Gasteiger charge is 2.67. The zero-order valence-corrected chi connectivity index (χ0v) is 19.5. The van der Waals surface area contributed by atoms with Gasteiger partial charge in [-0.05, 0) is 62.7 Å². The Balaban J connectivity index is 1.72. The summed E-state index contributed by atoms with van der Waals surface area (Å²) < 4.78 is 70.2. The lowest BCUT2D eigenvalue weighted by molar-refractivity contribution is -0.195. The zero-order chi connectivity index (χ0) is 26.0. The molecule has 3 rings (SSSR count). The molecule has 0 aliphatic heterocycles. The van der Waals surface area contributed by atoms with Crippen LogP contribution in [0, 0.1) is 17.0 Å². The number of nitrogens with two attached hydrogens (primary N) is 1. The average Bonchev–Trinajstić information content (AvgIpc) is 3.57. The molecule has 35 heavy (non-hydrogen) atoms. The third-order valence-electron chi connectivity index (χ3n) is 6.73. The van der Waals surface area contributed by atoms with Crippen molar-refractivity contribution in [1.29, 1.82) is 0 Å². The standard InChI is InChI=1S/C25H28F5N3O2/c1-33(2)16(11-15-7-8-18(23(31)35)21(27)12-15)14-32-22(34)13-19(17-5-3-4-6-20(17)26)24(9-10-24)25(28,29)30/h3-8,12,16,19H,9-11,13-14H2,1-2H3,(H2,31,35)(H,32,34)/t16-,19+/m0/s1. The molecule has 1 aliphatic carbocycles. The molecule has 2 aromatic carbocycles. The van der Waals surface area contributed by atoms with E-state index in [1.165, 1.54) is 30.3 Å². The zero-order valence-electron chi connectivity index (χ0n) is 19.5. The number of hydrogen-bond acceptors (Lipinski definition) is 3. The lowest BCUT2D eigenvalue weighted by Gasteiger charge is -2.30. The molecule has 0 aromatic heterocycles. The van der Waals surface area contributed by atoms with Crippen LogP contribution in [0.2, 0.25) is 0 Å². The van der Waals surface area contributed by atoms with Gasteiger partial charge in [0, 0.05) is 24.9 Å². The number of carbonyl (C=O) groups excluding carboxylic acids is 2. The number of benzene rings is 2. The van der Waals surface area contributed by atoms with Gasteiger partial charge in [0.2, 0.25) is 5.91 Å². The topological polar surface area (TPSA) is 75.4 Å². The van der Waals surface area contributed by atoms with E-state index in [1.54, 1.807) is 25.1 Å². The number of rotatable bonds is 10. The molecule has 0 bridgehead atoms. The van der Waals surface area contributed by atoms with Crippen molar-refractivity contribution >= 4 is 11.8 Å². The highest BCUT2D eigenvalue weighted by atomic mass is 19.4. The maximum atomic E-state index is 14.4. The number of hydrogen-bond donors (Lipinski definition) is 2. The monoisotopic (exact) mass is 497 g/mol. The molecular weight excluding hydrogens is 469 g/mol. The number of halogens is 5. The van der Waals surface area contributed by atoms with Crippen LogP contribution in [0.3, 0.4) is 0 Å². The van der Waals surface area contributed by atoms with Gasteiger partial charge in [0.05, 0.1) is 11.0 Å². The van der Waals surface area contributed by atoms with Crippen LogP contribution in [0.1, 0.15) is 46.7 Å². The van der Waals surface area contributed by atoms with E-state index in [2.05, 4.69) is 5.32 Å². The van der Waals surface area contributed by atoms with Crippen molar-refractivity contribution in [2.75, 3.05) is 20.6 Å². The first-order valence-corrected chi connectivity index (χ1v) is 11.2. The Labute approximate surface area is 200 Å². The fourth-order valence-electron chi connectivity index (χ4n) is 4.41. The quantitative estimate of drug-likeness (QED) is 0.484. The molecule has 0 spiro atoms. The van der Waals surface area contributed by atoms with E-state index < -0.39 is 47.4 Å². The molecule has 1 saturated carbocycles. The van der Waals surface area contributed by atoms with Crippen molar-refractivity contribution in [3.63, 3.8) is 0 Å². The summed E-state index contributed by atoms with van der Waals surface area (Å²) in [6.45, 7) is 0.0774. The SMILES string of the molecule is CN(C)[C@H](CNC(=O)C[C@H](c1ccccc1F)C1(C(F)(F)F)CC1)Cc1ccc(C(N)=O)c(F)c1. The van der Waals surface area contributed by atoms with Crippen LogP contribution in [0.4, 0.5) is 22.0 Å². The number of nitrogens with zero attached hydrogens (tertiary/aromatic N) is 1. The Morgan fingerprint density at radius 2 is 1.74 bits per heavy atom. The van der Waals surface area contributed by atoms with Crippen molar-refractivity contribution in [3.8, 4) is 0 Å². The summed E-state index contributed by atoms with van der Waals surface area (Å²) in [6, 6.07) is 8.95. The van der Waals surface area contributed by atoms with Crippen molar-refractivity contribution in [3.05, 3.63) is 70.8 Å². The number of amides is 2. The number of carbonyl (C=O) groups is 2. The molecule has 2 amide bonds. The van der Waals surface area contributed by atoms with E-state index >= 15 is 0 Å². The van der Waals surface area contributed by atoms with Gasteiger partial charge in [-0.3, -0.25) is 9.59 Å². The lowest BCUT2D eigenvalue weighted by atomic mass is 9.79. The van der Waals surface area contributed by atoms with Gasteiger partial charge in [-0.1, -0.05) is 24.3 Å². The van der Waals surface area contributed by atoms with Crippen LogP contribution in [0.25, 0.3) is 0 Å². The van der Waals surface area contributed by atoms with E-state index in [1.807, 2.05) is 0 Å². The second-order valence-corrected chi connectivity index (χ2v) is 9.24. The van der Waals surface area contributed by atoms with Gasteiger partial charge in [0.15, 0.2) is 0 Å². The third kappa shape index (κ3) is 5.98. The summed E-state index contributed by atoms with van der Waals surface area (Å²) in [6.07, 6.45) is -5.09. The third-order valence-corrected chi connectivity index (χ3v) is 6.73. The van der Waals surface area contributed by atoms with Crippen LogP contribution >= 0.6 is 0 Å². The molecule has 0 unspecified atom stereocenters. The van der Waals surface area contributed by atoms with E-state index in [9.17, 15) is 31.5 Å². The van der Waals surface area contributed by atoms with Crippen LogP contribution in [0.5, 0.6) is 0 Å². The van der Waals surface area contributed by atoms with Crippen molar-refractivity contribution < 1.29 is 31.5 Å².